The molecule has 1 aliphatic heterocycles. The second-order valence-electron chi connectivity index (χ2n) is 7.36. The number of benzene rings is 2. The van der Waals surface area contributed by atoms with E-state index < -0.39 is 0 Å². The summed E-state index contributed by atoms with van der Waals surface area (Å²) in [5.74, 6) is 0.567. The van der Waals surface area contributed by atoms with Crippen molar-refractivity contribution in [3.05, 3.63) is 64.5 Å². The van der Waals surface area contributed by atoms with Crippen LogP contribution < -0.4 is 4.74 Å². The predicted octanol–water partition coefficient (Wildman–Crippen LogP) is 3.28. The van der Waals surface area contributed by atoms with Crippen LogP contribution in [0, 0.1) is 5.82 Å². The number of piperazine rings is 1. The van der Waals surface area contributed by atoms with Gasteiger partial charge in [0.1, 0.15) is 11.6 Å². The monoisotopic (exact) mass is 368 g/mol. The molecule has 1 aliphatic carbocycles. The lowest BCUT2D eigenvalue weighted by molar-refractivity contribution is 0.0627. The number of hydrogen-bond acceptors (Lipinski definition) is 3. The zero-order valence-corrected chi connectivity index (χ0v) is 15.7. The molecule has 1 amide bonds. The average molecular weight is 368 g/mol. The van der Waals surface area contributed by atoms with Crippen molar-refractivity contribution in [1.82, 2.24) is 9.80 Å². The smallest absolute Gasteiger partial charge is 0.253 e. The molecule has 0 N–H and O–H groups in total. The maximum absolute atomic E-state index is 13.6. The van der Waals surface area contributed by atoms with E-state index in [-0.39, 0.29) is 11.7 Å². The van der Waals surface area contributed by atoms with Crippen LogP contribution in [-0.2, 0) is 19.4 Å². The molecule has 1 fully saturated rings. The number of carbonyl (C=O) groups excluding carboxylic acids is 1. The lowest BCUT2D eigenvalue weighted by Crippen LogP contribution is -2.48. The third-order valence-electron chi connectivity index (χ3n) is 5.64. The fourth-order valence-electron chi connectivity index (χ4n) is 4.11. The van der Waals surface area contributed by atoms with Crippen LogP contribution in [0.25, 0.3) is 0 Å². The Labute approximate surface area is 159 Å². The molecule has 4 nitrogen and oxygen atoms in total. The van der Waals surface area contributed by atoms with Crippen molar-refractivity contribution in [2.75, 3.05) is 33.3 Å². The number of carbonyl (C=O) groups is 1. The molecule has 1 heterocycles. The molecule has 4 rings (SSSR count). The summed E-state index contributed by atoms with van der Waals surface area (Å²) in [6, 6.07) is 10.8. The topological polar surface area (TPSA) is 32.8 Å². The van der Waals surface area contributed by atoms with Crippen molar-refractivity contribution in [1.29, 1.82) is 0 Å². The molecule has 0 atom stereocenters. The third kappa shape index (κ3) is 3.83. The Hall–Kier alpha value is -2.40. The van der Waals surface area contributed by atoms with E-state index >= 15 is 0 Å². The van der Waals surface area contributed by atoms with Gasteiger partial charge in [-0.15, -0.1) is 0 Å². The summed E-state index contributed by atoms with van der Waals surface area (Å²) in [6.07, 6.45) is 3.40. The lowest BCUT2D eigenvalue weighted by Gasteiger charge is -2.35. The first-order valence-electron chi connectivity index (χ1n) is 9.60. The number of halogens is 1. The third-order valence-corrected chi connectivity index (χ3v) is 5.64. The van der Waals surface area contributed by atoms with Crippen LogP contribution in [-0.4, -0.2) is 49.0 Å². The number of aryl methyl sites for hydroxylation is 2. The van der Waals surface area contributed by atoms with Gasteiger partial charge in [0.25, 0.3) is 5.91 Å². The summed E-state index contributed by atoms with van der Waals surface area (Å²) in [7, 11) is 1.60. The minimum absolute atomic E-state index is 0.118. The predicted molar refractivity (Wildman–Crippen MR) is 103 cm³/mol. The summed E-state index contributed by atoms with van der Waals surface area (Å²) in [6.45, 7) is 3.55. The maximum Gasteiger partial charge on any atom is 0.253 e. The van der Waals surface area contributed by atoms with Gasteiger partial charge in [-0.2, -0.15) is 0 Å². The van der Waals surface area contributed by atoms with Crippen LogP contribution >= 0.6 is 0 Å². The van der Waals surface area contributed by atoms with Gasteiger partial charge in [-0.3, -0.25) is 9.69 Å². The molecular formula is C22H25FN2O2. The average Bonchev–Trinajstić information content (AvgIpc) is 3.16. The van der Waals surface area contributed by atoms with E-state index in [1.54, 1.807) is 13.2 Å². The summed E-state index contributed by atoms with van der Waals surface area (Å²) in [4.78, 5) is 17.0. The van der Waals surface area contributed by atoms with Gasteiger partial charge in [-0.25, -0.2) is 4.39 Å². The summed E-state index contributed by atoms with van der Waals surface area (Å²) < 4.78 is 18.9. The Balaban J connectivity index is 1.37. The standard InChI is InChI=1S/C22H25FN2O2/c1-27-21-8-7-20(23)14-19(21)15-24-9-11-25(12-10-24)22(26)18-6-5-16-3-2-4-17(16)13-18/h5-8,13-14H,2-4,9-12,15H2,1H3. The van der Waals surface area contributed by atoms with Crippen molar-refractivity contribution in [2.45, 2.75) is 25.8 Å². The highest BCUT2D eigenvalue weighted by Gasteiger charge is 2.24. The fourth-order valence-corrected chi connectivity index (χ4v) is 4.11. The number of nitrogens with zero attached hydrogens (tertiary/aromatic N) is 2. The van der Waals surface area contributed by atoms with E-state index in [1.807, 2.05) is 11.0 Å². The molecule has 0 aromatic heterocycles. The van der Waals surface area contributed by atoms with E-state index in [1.165, 1.54) is 29.7 Å². The van der Waals surface area contributed by atoms with E-state index in [0.29, 0.717) is 25.4 Å². The molecule has 5 heteroatoms. The molecule has 2 aromatic carbocycles. The molecule has 27 heavy (non-hydrogen) atoms. The Kier molecular flexibility index (Phi) is 5.12. The van der Waals surface area contributed by atoms with Gasteiger partial charge >= 0.3 is 0 Å². The van der Waals surface area contributed by atoms with Gasteiger partial charge in [-0.05, 0) is 60.7 Å². The highest BCUT2D eigenvalue weighted by Crippen LogP contribution is 2.24. The Morgan fingerprint density at radius 2 is 1.81 bits per heavy atom. The first-order chi connectivity index (χ1) is 13.1. The SMILES string of the molecule is COc1ccc(F)cc1CN1CCN(C(=O)c2ccc3c(c2)CCC3)CC1. The molecule has 2 aliphatic rings. The highest BCUT2D eigenvalue weighted by molar-refractivity contribution is 5.94. The van der Waals surface area contributed by atoms with Crippen LogP contribution in [0.3, 0.4) is 0 Å². The zero-order valence-electron chi connectivity index (χ0n) is 15.7. The van der Waals surface area contributed by atoms with Crippen molar-refractivity contribution >= 4 is 5.91 Å². The number of ether oxygens (including phenoxy) is 1. The zero-order chi connectivity index (χ0) is 18.8. The number of amides is 1. The first kappa shape index (κ1) is 18.0. The van der Waals surface area contributed by atoms with Crippen molar-refractivity contribution in [3.63, 3.8) is 0 Å². The molecule has 0 saturated carbocycles. The van der Waals surface area contributed by atoms with E-state index in [0.717, 1.165) is 37.1 Å². The normalized spacial score (nSPS) is 17.0. The number of fused-ring (bicyclic) bond motifs is 1. The minimum Gasteiger partial charge on any atom is -0.496 e. The van der Waals surface area contributed by atoms with E-state index in [2.05, 4.69) is 17.0 Å². The van der Waals surface area contributed by atoms with Gasteiger partial charge < -0.3 is 9.64 Å². The molecule has 0 radical (unpaired) electrons. The molecule has 2 aromatic rings. The van der Waals surface area contributed by atoms with Gasteiger partial charge in [0.15, 0.2) is 0 Å². The molecular weight excluding hydrogens is 343 g/mol. The number of rotatable bonds is 4. The van der Waals surface area contributed by atoms with Crippen LogP contribution in [0.4, 0.5) is 4.39 Å². The summed E-state index contributed by atoms with van der Waals surface area (Å²) in [5, 5.41) is 0. The van der Waals surface area contributed by atoms with Crippen LogP contribution in [0.2, 0.25) is 0 Å². The number of methoxy groups -OCH3 is 1. The molecule has 0 unspecified atom stereocenters. The Bertz CT molecular complexity index is 844. The largest absolute Gasteiger partial charge is 0.496 e. The van der Waals surface area contributed by atoms with Crippen LogP contribution in [0.1, 0.15) is 33.5 Å². The second-order valence-corrected chi connectivity index (χ2v) is 7.36. The summed E-state index contributed by atoms with van der Waals surface area (Å²) >= 11 is 0. The maximum atomic E-state index is 13.6. The van der Waals surface area contributed by atoms with Crippen molar-refractivity contribution < 1.29 is 13.9 Å². The Morgan fingerprint density at radius 1 is 1.04 bits per heavy atom. The van der Waals surface area contributed by atoms with Crippen molar-refractivity contribution in [2.24, 2.45) is 0 Å². The van der Waals surface area contributed by atoms with Gasteiger partial charge in [0, 0.05) is 43.9 Å². The van der Waals surface area contributed by atoms with Gasteiger partial charge in [-0.1, -0.05) is 6.07 Å². The second kappa shape index (κ2) is 7.69. The van der Waals surface area contributed by atoms with Gasteiger partial charge in [0.05, 0.1) is 7.11 Å². The van der Waals surface area contributed by atoms with Crippen molar-refractivity contribution in [3.8, 4) is 5.75 Å². The molecule has 1 saturated heterocycles. The first-order valence-corrected chi connectivity index (χ1v) is 9.60. The minimum atomic E-state index is -0.253. The Morgan fingerprint density at radius 3 is 2.59 bits per heavy atom. The summed E-state index contributed by atoms with van der Waals surface area (Å²) in [5.41, 5.74) is 4.37. The molecule has 142 valence electrons. The van der Waals surface area contributed by atoms with E-state index in [9.17, 15) is 9.18 Å². The fraction of sp³-hybridized carbons (Fsp3) is 0.409. The lowest BCUT2D eigenvalue weighted by atomic mass is 10.1. The van der Waals surface area contributed by atoms with Crippen LogP contribution in [0.5, 0.6) is 5.75 Å². The van der Waals surface area contributed by atoms with Crippen LogP contribution in [0.15, 0.2) is 36.4 Å². The number of hydrogen-bond donors (Lipinski definition) is 0. The van der Waals surface area contributed by atoms with E-state index in [4.69, 9.17) is 4.74 Å². The highest BCUT2D eigenvalue weighted by atomic mass is 19.1. The van der Waals surface area contributed by atoms with Gasteiger partial charge in [0.2, 0.25) is 0 Å². The quantitative estimate of drug-likeness (QED) is 0.830. The molecule has 0 bridgehead atoms. The molecule has 0 spiro atoms.